The molecule has 88 valence electrons. The average molecular weight is 250 g/mol. The van der Waals surface area contributed by atoms with Crippen LogP contribution in [-0.2, 0) is 0 Å². The molecule has 1 saturated heterocycles. The van der Waals surface area contributed by atoms with E-state index in [9.17, 15) is 0 Å². The zero-order chi connectivity index (χ0) is 11.7. The largest absolute Gasteiger partial charge is 0.307 e. The van der Waals surface area contributed by atoms with Crippen molar-refractivity contribution in [2.24, 2.45) is 0 Å². The highest BCUT2D eigenvalue weighted by Gasteiger charge is 2.21. The number of aromatic nitrogens is 4. The number of nitrogens with zero attached hydrogens (tertiary/aromatic N) is 4. The van der Waals surface area contributed by atoms with E-state index in [4.69, 9.17) is 11.6 Å². The van der Waals surface area contributed by atoms with Gasteiger partial charge in [-0.1, -0.05) is 17.7 Å². The van der Waals surface area contributed by atoms with Crippen molar-refractivity contribution < 1.29 is 0 Å². The lowest BCUT2D eigenvalue weighted by atomic mass is 10.2. The smallest absolute Gasteiger partial charge is 0.192 e. The Kier molecular flexibility index (Phi) is 2.78. The van der Waals surface area contributed by atoms with Gasteiger partial charge in [0, 0.05) is 5.02 Å². The molecule has 5 nitrogen and oxygen atoms in total. The Morgan fingerprint density at radius 3 is 3.12 bits per heavy atom. The van der Waals surface area contributed by atoms with Gasteiger partial charge in [-0.05, 0) is 42.8 Å². The van der Waals surface area contributed by atoms with E-state index in [-0.39, 0.29) is 6.04 Å². The van der Waals surface area contributed by atoms with Crippen LogP contribution in [0, 0.1) is 0 Å². The molecule has 0 saturated carbocycles. The fraction of sp³-hybridized carbons (Fsp3) is 0.364. The second-order valence-corrected chi connectivity index (χ2v) is 4.50. The molecule has 6 heteroatoms. The van der Waals surface area contributed by atoms with E-state index in [1.807, 2.05) is 24.3 Å². The molecule has 0 spiro atoms. The number of rotatable bonds is 2. The third kappa shape index (κ3) is 2.16. The highest BCUT2D eigenvalue weighted by molar-refractivity contribution is 6.30. The summed E-state index contributed by atoms with van der Waals surface area (Å²) < 4.78 is 0. The van der Waals surface area contributed by atoms with Gasteiger partial charge >= 0.3 is 0 Å². The van der Waals surface area contributed by atoms with Crippen LogP contribution in [0.3, 0.4) is 0 Å². The van der Waals surface area contributed by atoms with Gasteiger partial charge in [-0.15, -0.1) is 15.0 Å². The number of hydrogen-bond donors (Lipinski definition) is 1. The number of halogens is 1. The molecule has 0 aliphatic carbocycles. The standard InChI is InChI=1S/C11H12ClN5/c12-8-3-1-4-9(7-8)17-15-11(14-16-17)10-5-2-6-13-10/h1,3-4,7,10,13H,2,5-6H2/t10-/m1/s1. The van der Waals surface area contributed by atoms with Crippen molar-refractivity contribution in [2.45, 2.75) is 18.9 Å². The quantitative estimate of drug-likeness (QED) is 0.881. The third-order valence-corrected chi connectivity index (χ3v) is 3.08. The molecule has 1 fully saturated rings. The lowest BCUT2D eigenvalue weighted by molar-refractivity contribution is 0.602. The number of hydrogen-bond acceptors (Lipinski definition) is 4. The molecule has 1 N–H and O–H groups in total. The van der Waals surface area contributed by atoms with Gasteiger partial charge < -0.3 is 5.32 Å². The number of benzene rings is 1. The van der Waals surface area contributed by atoms with Gasteiger partial charge in [0.1, 0.15) is 0 Å². The predicted octanol–water partition coefficient (Wildman–Crippen LogP) is 1.74. The SMILES string of the molecule is Clc1cccc(-n2nnc([C@H]3CCCN3)n2)c1. The Bertz CT molecular complexity index is 518. The summed E-state index contributed by atoms with van der Waals surface area (Å²) in [5.41, 5.74) is 0.828. The van der Waals surface area contributed by atoms with Gasteiger partial charge in [-0.25, -0.2) is 0 Å². The lowest BCUT2D eigenvalue weighted by Crippen LogP contribution is -2.14. The third-order valence-electron chi connectivity index (χ3n) is 2.84. The Hall–Kier alpha value is -1.46. The van der Waals surface area contributed by atoms with E-state index < -0.39 is 0 Å². The van der Waals surface area contributed by atoms with E-state index in [1.54, 1.807) is 0 Å². The molecule has 2 aromatic rings. The van der Waals surface area contributed by atoms with Crippen molar-refractivity contribution in [1.82, 2.24) is 25.5 Å². The minimum Gasteiger partial charge on any atom is -0.307 e. The lowest BCUT2D eigenvalue weighted by Gasteiger charge is -2.02. The first-order valence-electron chi connectivity index (χ1n) is 5.62. The second-order valence-electron chi connectivity index (χ2n) is 4.07. The Morgan fingerprint density at radius 2 is 2.35 bits per heavy atom. The van der Waals surface area contributed by atoms with Gasteiger partial charge in [0.2, 0.25) is 0 Å². The van der Waals surface area contributed by atoms with Crippen LogP contribution >= 0.6 is 11.6 Å². The molecule has 0 radical (unpaired) electrons. The first kappa shape index (κ1) is 10.7. The summed E-state index contributed by atoms with van der Waals surface area (Å²) in [6.45, 7) is 1.02. The highest BCUT2D eigenvalue weighted by Crippen LogP contribution is 2.19. The number of tetrazole rings is 1. The summed E-state index contributed by atoms with van der Waals surface area (Å²) in [6.07, 6.45) is 2.23. The van der Waals surface area contributed by atoms with Crippen LogP contribution in [0.4, 0.5) is 0 Å². The van der Waals surface area contributed by atoms with Crippen LogP contribution in [0.2, 0.25) is 5.02 Å². The van der Waals surface area contributed by atoms with Crippen molar-refractivity contribution in [3.63, 3.8) is 0 Å². The molecular formula is C11H12ClN5. The molecule has 17 heavy (non-hydrogen) atoms. The zero-order valence-corrected chi connectivity index (χ0v) is 9.93. The van der Waals surface area contributed by atoms with Crippen LogP contribution in [0.1, 0.15) is 24.7 Å². The Balaban J connectivity index is 1.89. The van der Waals surface area contributed by atoms with Crippen LogP contribution in [0.25, 0.3) is 5.69 Å². The second kappa shape index (κ2) is 4.43. The van der Waals surface area contributed by atoms with Crippen LogP contribution in [-0.4, -0.2) is 26.8 Å². The van der Waals surface area contributed by atoms with Crippen molar-refractivity contribution in [3.05, 3.63) is 35.1 Å². The zero-order valence-electron chi connectivity index (χ0n) is 9.17. The first-order valence-corrected chi connectivity index (χ1v) is 6.00. The molecular weight excluding hydrogens is 238 g/mol. The van der Waals surface area contributed by atoms with Crippen LogP contribution in [0.15, 0.2) is 24.3 Å². The van der Waals surface area contributed by atoms with Gasteiger partial charge in [-0.3, -0.25) is 0 Å². The van der Waals surface area contributed by atoms with Gasteiger partial charge in [0.05, 0.1) is 11.7 Å². The Morgan fingerprint density at radius 1 is 1.41 bits per heavy atom. The fourth-order valence-electron chi connectivity index (χ4n) is 1.98. The molecule has 1 aromatic carbocycles. The summed E-state index contributed by atoms with van der Waals surface area (Å²) in [5, 5.41) is 16.5. The van der Waals surface area contributed by atoms with Crippen LogP contribution in [0.5, 0.6) is 0 Å². The van der Waals surface area contributed by atoms with Crippen molar-refractivity contribution in [3.8, 4) is 5.69 Å². The molecule has 3 rings (SSSR count). The maximum absolute atomic E-state index is 5.93. The number of nitrogens with one attached hydrogen (secondary N) is 1. The molecule has 0 amide bonds. The monoisotopic (exact) mass is 249 g/mol. The van der Waals surface area contributed by atoms with Crippen LogP contribution < -0.4 is 5.32 Å². The summed E-state index contributed by atoms with van der Waals surface area (Å²) in [7, 11) is 0. The average Bonchev–Trinajstić information content (AvgIpc) is 3.00. The van der Waals surface area contributed by atoms with Gasteiger partial charge in [0.25, 0.3) is 0 Å². The normalized spacial score (nSPS) is 19.7. The maximum Gasteiger partial charge on any atom is 0.192 e. The highest BCUT2D eigenvalue weighted by atomic mass is 35.5. The van der Waals surface area contributed by atoms with E-state index >= 15 is 0 Å². The topological polar surface area (TPSA) is 55.6 Å². The van der Waals surface area contributed by atoms with Gasteiger partial charge in [-0.2, -0.15) is 0 Å². The summed E-state index contributed by atoms with van der Waals surface area (Å²) in [5.74, 6) is 0.752. The van der Waals surface area contributed by atoms with Crippen molar-refractivity contribution in [1.29, 1.82) is 0 Å². The summed E-state index contributed by atoms with van der Waals surface area (Å²) >= 11 is 5.93. The summed E-state index contributed by atoms with van der Waals surface area (Å²) in [4.78, 5) is 1.52. The van der Waals surface area contributed by atoms with Crippen molar-refractivity contribution >= 4 is 11.6 Å². The maximum atomic E-state index is 5.93. The molecule has 1 aliphatic rings. The predicted molar refractivity (Wildman–Crippen MR) is 64.1 cm³/mol. The molecule has 1 aromatic heterocycles. The van der Waals surface area contributed by atoms with Gasteiger partial charge in [0.15, 0.2) is 5.82 Å². The molecule has 0 bridgehead atoms. The molecule has 1 aliphatic heterocycles. The molecule has 2 heterocycles. The fourth-order valence-corrected chi connectivity index (χ4v) is 2.16. The minimum absolute atomic E-state index is 0.239. The van der Waals surface area contributed by atoms with Crippen molar-refractivity contribution in [2.75, 3.05) is 6.54 Å². The summed E-state index contributed by atoms with van der Waals surface area (Å²) in [6, 6.07) is 7.65. The van der Waals surface area contributed by atoms with E-state index in [0.717, 1.165) is 30.9 Å². The molecule has 0 unspecified atom stereocenters. The Labute approximate surface area is 104 Å². The minimum atomic E-state index is 0.239. The van der Waals surface area contributed by atoms with E-state index in [0.29, 0.717) is 5.02 Å². The van der Waals surface area contributed by atoms with E-state index in [2.05, 4.69) is 20.7 Å². The van der Waals surface area contributed by atoms with E-state index in [1.165, 1.54) is 4.80 Å². The molecule has 1 atom stereocenters. The first-order chi connectivity index (χ1) is 8.33.